The van der Waals surface area contributed by atoms with Gasteiger partial charge in [0.2, 0.25) is 5.78 Å². The van der Waals surface area contributed by atoms with Gasteiger partial charge in [-0.1, -0.05) is 61.5 Å². The van der Waals surface area contributed by atoms with Crippen LogP contribution in [0.3, 0.4) is 0 Å². The molecule has 156 valence electrons. The van der Waals surface area contributed by atoms with Crippen LogP contribution in [0.1, 0.15) is 40.1 Å². The number of aromatic nitrogens is 4. The number of hydrogen-bond donors (Lipinski definition) is 0. The quantitative estimate of drug-likeness (QED) is 0.299. The van der Waals surface area contributed by atoms with Gasteiger partial charge >= 0.3 is 0 Å². The van der Waals surface area contributed by atoms with E-state index in [0.29, 0.717) is 31.2 Å². The van der Waals surface area contributed by atoms with E-state index in [1.165, 1.54) is 5.56 Å². The lowest BCUT2D eigenvalue weighted by Crippen LogP contribution is -2.19. The molecule has 0 aliphatic carbocycles. The third-order valence-corrected chi connectivity index (χ3v) is 5.45. The topological polar surface area (TPSA) is 69.8 Å². The summed E-state index contributed by atoms with van der Waals surface area (Å²) >= 11 is 0. The van der Waals surface area contributed by atoms with Crippen LogP contribution in [0.4, 0.5) is 0 Å². The summed E-state index contributed by atoms with van der Waals surface area (Å²) < 4.78 is 3.65. The molecule has 6 nitrogen and oxygen atoms in total. The van der Waals surface area contributed by atoms with E-state index in [1.807, 2.05) is 35.9 Å². The normalized spacial score (nSPS) is 11.9. The molecular weight excluding hydrogens is 388 g/mol. The largest absolute Gasteiger partial charge is 0.329 e. The first-order valence-corrected chi connectivity index (χ1v) is 10.3. The van der Waals surface area contributed by atoms with Crippen molar-refractivity contribution in [3.05, 3.63) is 96.6 Å². The van der Waals surface area contributed by atoms with Gasteiger partial charge in [0.25, 0.3) is 0 Å². The van der Waals surface area contributed by atoms with Gasteiger partial charge in [-0.3, -0.25) is 9.59 Å². The number of carbonyl (C=O) groups excluding carboxylic acids is 2. The molecule has 0 saturated heterocycles. The molecule has 1 atom stereocenters. The van der Waals surface area contributed by atoms with E-state index < -0.39 is 0 Å². The standard InChI is InChI=1S/C25H24N4O2/c1-19(11-14-28-15-12-26-23(28)18-30)24(31)25-27-13-16-29(25)17-20-7-9-22(10-8-20)21-5-3-2-4-6-21/h2-10,12-13,15-16,18-19H,11,14,17H2,1H3. The highest BCUT2D eigenvalue weighted by Crippen LogP contribution is 2.20. The number of nitrogens with zero attached hydrogens (tertiary/aromatic N) is 4. The number of rotatable bonds is 9. The molecule has 2 heterocycles. The van der Waals surface area contributed by atoms with Crippen molar-refractivity contribution >= 4 is 12.1 Å². The predicted molar refractivity (Wildman–Crippen MR) is 119 cm³/mol. The van der Waals surface area contributed by atoms with E-state index in [9.17, 15) is 9.59 Å². The Balaban J connectivity index is 1.42. The third-order valence-electron chi connectivity index (χ3n) is 5.45. The van der Waals surface area contributed by atoms with Gasteiger partial charge in [-0.05, 0) is 23.1 Å². The zero-order valence-corrected chi connectivity index (χ0v) is 17.4. The van der Waals surface area contributed by atoms with Crippen molar-refractivity contribution in [2.75, 3.05) is 0 Å². The molecule has 1 unspecified atom stereocenters. The van der Waals surface area contributed by atoms with Gasteiger partial charge in [0, 0.05) is 43.8 Å². The molecule has 4 rings (SSSR count). The smallest absolute Gasteiger partial charge is 0.201 e. The van der Waals surface area contributed by atoms with E-state index >= 15 is 0 Å². The summed E-state index contributed by atoms with van der Waals surface area (Å²) in [4.78, 5) is 32.3. The Labute approximate surface area is 181 Å². The van der Waals surface area contributed by atoms with Crippen molar-refractivity contribution in [3.63, 3.8) is 0 Å². The maximum atomic E-state index is 13.0. The van der Waals surface area contributed by atoms with Gasteiger partial charge in [-0.2, -0.15) is 0 Å². The molecule has 0 saturated carbocycles. The highest BCUT2D eigenvalue weighted by molar-refractivity contribution is 5.94. The molecule has 0 N–H and O–H groups in total. The number of aldehydes is 1. The SMILES string of the molecule is CC(CCn1ccnc1C=O)C(=O)c1nccn1Cc1ccc(-c2ccccc2)cc1. The molecule has 0 bridgehead atoms. The first-order chi connectivity index (χ1) is 15.2. The number of Topliss-reactive ketones (excluding diaryl/α,β-unsaturated/α-hetero) is 1. The lowest BCUT2D eigenvalue weighted by Gasteiger charge is -2.13. The molecule has 0 radical (unpaired) electrons. The molecule has 2 aromatic heterocycles. The molecule has 31 heavy (non-hydrogen) atoms. The van der Waals surface area contributed by atoms with Crippen LogP contribution in [0.5, 0.6) is 0 Å². The Bertz CT molecular complexity index is 1160. The fourth-order valence-corrected chi connectivity index (χ4v) is 3.60. The van der Waals surface area contributed by atoms with Crippen molar-refractivity contribution in [2.45, 2.75) is 26.4 Å². The molecule has 2 aromatic carbocycles. The highest BCUT2D eigenvalue weighted by atomic mass is 16.1. The molecule has 0 spiro atoms. The number of aryl methyl sites for hydroxylation is 1. The van der Waals surface area contributed by atoms with Crippen LogP contribution in [-0.4, -0.2) is 31.2 Å². The van der Waals surface area contributed by atoms with Gasteiger partial charge in [0.1, 0.15) is 0 Å². The lowest BCUT2D eigenvalue weighted by molar-refractivity contribution is 0.0906. The zero-order chi connectivity index (χ0) is 21.6. The van der Waals surface area contributed by atoms with Crippen LogP contribution < -0.4 is 0 Å². The lowest BCUT2D eigenvalue weighted by atomic mass is 10.0. The minimum atomic E-state index is -0.219. The Morgan fingerprint density at radius 1 is 0.935 bits per heavy atom. The third kappa shape index (κ3) is 4.69. The minimum absolute atomic E-state index is 0.00123. The fourth-order valence-electron chi connectivity index (χ4n) is 3.60. The number of hydrogen-bond acceptors (Lipinski definition) is 4. The summed E-state index contributed by atoms with van der Waals surface area (Å²) in [6.45, 7) is 3.04. The average molecular weight is 412 g/mol. The van der Waals surface area contributed by atoms with E-state index in [4.69, 9.17) is 0 Å². The summed E-state index contributed by atoms with van der Waals surface area (Å²) in [6, 6.07) is 18.6. The van der Waals surface area contributed by atoms with Crippen LogP contribution in [0, 0.1) is 5.92 Å². The van der Waals surface area contributed by atoms with Crippen LogP contribution in [0.2, 0.25) is 0 Å². The molecule has 6 heteroatoms. The Kier molecular flexibility index (Phi) is 6.17. The second kappa shape index (κ2) is 9.34. The average Bonchev–Trinajstić information content (AvgIpc) is 3.47. The highest BCUT2D eigenvalue weighted by Gasteiger charge is 2.20. The van der Waals surface area contributed by atoms with Crippen molar-refractivity contribution in [1.82, 2.24) is 19.1 Å². The summed E-state index contributed by atoms with van der Waals surface area (Å²) in [5.41, 5.74) is 3.44. The molecule has 4 aromatic rings. The molecular formula is C25H24N4O2. The van der Waals surface area contributed by atoms with Gasteiger partial charge in [0.05, 0.1) is 0 Å². The van der Waals surface area contributed by atoms with Crippen LogP contribution >= 0.6 is 0 Å². The number of carbonyl (C=O) groups is 2. The summed E-state index contributed by atoms with van der Waals surface area (Å²) in [7, 11) is 0. The molecule has 0 amide bonds. The number of imidazole rings is 2. The van der Waals surface area contributed by atoms with E-state index in [0.717, 1.165) is 17.4 Å². The fraction of sp³-hybridized carbons (Fsp3) is 0.200. The molecule has 0 fully saturated rings. The van der Waals surface area contributed by atoms with Gasteiger partial charge in [0.15, 0.2) is 17.9 Å². The van der Waals surface area contributed by atoms with Gasteiger partial charge < -0.3 is 9.13 Å². The second-order valence-electron chi connectivity index (χ2n) is 7.59. The zero-order valence-electron chi connectivity index (χ0n) is 17.4. The van der Waals surface area contributed by atoms with Crippen molar-refractivity contribution in [1.29, 1.82) is 0 Å². The van der Waals surface area contributed by atoms with Crippen molar-refractivity contribution in [3.8, 4) is 11.1 Å². The van der Waals surface area contributed by atoms with E-state index in [2.05, 4.69) is 46.4 Å². The van der Waals surface area contributed by atoms with E-state index in [1.54, 1.807) is 23.2 Å². The summed E-state index contributed by atoms with van der Waals surface area (Å²) in [5.74, 6) is 0.614. The second-order valence-corrected chi connectivity index (χ2v) is 7.59. The van der Waals surface area contributed by atoms with Crippen molar-refractivity contribution < 1.29 is 9.59 Å². The Hall–Kier alpha value is -3.80. The molecule has 0 aliphatic rings. The van der Waals surface area contributed by atoms with Crippen molar-refractivity contribution in [2.24, 2.45) is 5.92 Å². The predicted octanol–water partition coefficient (Wildman–Crippen LogP) is 4.52. The first-order valence-electron chi connectivity index (χ1n) is 10.3. The van der Waals surface area contributed by atoms with Crippen LogP contribution in [-0.2, 0) is 13.1 Å². The van der Waals surface area contributed by atoms with Crippen LogP contribution in [0.25, 0.3) is 11.1 Å². The number of benzene rings is 2. The monoisotopic (exact) mass is 412 g/mol. The Morgan fingerprint density at radius 3 is 2.35 bits per heavy atom. The molecule has 0 aliphatic heterocycles. The summed E-state index contributed by atoms with van der Waals surface area (Å²) in [5, 5.41) is 0. The Morgan fingerprint density at radius 2 is 1.61 bits per heavy atom. The van der Waals surface area contributed by atoms with E-state index in [-0.39, 0.29) is 11.7 Å². The maximum Gasteiger partial charge on any atom is 0.201 e. The summed E-state index contributed by atoms with van der Waals surface area (Å²) in [6.07, 6.45) is 8.17. The number of ketones is 1. The van der Waals surface area contributed by atoms with Gasteiger partial charge in [-0.15, -0.1) is 0 Å². The maximum absolute atomic E-state index is 13.0. The first kappa shape index (κ1) is 20.5. The van der Waals surface area contributed by atoms with Gasteiger partial charge in [-0.25, -0.2) is 9.97 Å². The van der Waals surface area contributed by atoms with Crippen LogP contribution in [0.15, 0.2) is 79.4 Å². The minimum Gasteiger partial charge on any atom is -0.329 e.